The molecular formula is C21H21ClN2O3. The highest BCUT2D eigenvalue weighted by Gasteiger charge is 2.20. The molecule has 0 aliphatic heterocycles. The molecule has 6 heteroatoms. The lowest BCUT2D eigenvalue weighted by Gasteiger charge is -2.19. The second kappa shape index (κ2) is 9.33. The number of hydrazone groups is 1. The topological polar surface area (TPSA) is 67.8 Å². The molecule has 0 heterocycles. The summed E-state index contributed by atoms with van der Waals surface area (Å²) < 4.78 is 5.37. The first-order chi connectivity index (χ1) is 13.1. The predicted molar refractivity (Wildman–Crippen MR) is 105 cm³/mol. The van der Waals surface area contributed by atoms with Gasteiger partial charge in [-0.2, -0.15) is 5.10 Å². The maximum Gasteiger partial charge on any atom is 0.343 e. The summed E-state index contributed by atoms with van der Waals surface area (Å²) in [6.45, 7) is 0. The molecule has 2 aromatic carbocycles. The SMILES string of the molecule is O=C(Oc1cccc(/C=N\NC(=O)C2CCCCC2)c1)c1ccc(Cl)cc1. The minimum absolute atomic E-state index is 0.0312. The van der Waals surface area contributed by atoms with Crippen LogP contribution in [0.4, 0.5) is 0 Å². The van der Waals surface area contributed by atoms with E-state index in [1.807, 2.05) is 6.07 Å². The van der Waals surface area contributed by atoms with Gasteiger partial charge in [-0.15, -0.1) is 0 Å². The van der Waals surface area contributed by atoms with Gasteiger partial charge in [0.25, 0.3) is 0 Å². The van der Waals surface area contributed by atoms with Crippen LogP contribution in [0.25, 0.3) is 0 Å². The molecule has 1 aliphatic rings. The molecule has 1 amide bonds. The average Bonchev–Trinajstić information content (AvgIpc) is 2.69. The average molecular weight is 385 g/mol. The molecule has 0 unspecified atom stereocenters. The van der Waals surface area contributed by atoms with E-state index in [-0.39, 0.29) is 11.8 Å². The van der Waals surface area contributed by atoms with Crippen molar-refractivity contribution in [2.75, 3.05) is 0 Å². The highest BCUT2D eigenvalue weighted by molar-refractivity contribution is 6.30. The number of nitrogens with zero attached hydrogens (tertiary/aromatic N) is 1. The van der Waals surface area contributed by atoms with Gasteiger partial charge < -0.3 is 4.74 Å². The molecule has 0 bridgehead atoms. The molecule has 0 atom stereocenters. The van der Waals surface area contributed by atoms with Crippen LogP contribution in [0.2, 0.25) is 5.02 Å². The molecule has 0 spiro atoms. The number of rotatable bonds is 5. The molecule has 3 rings (SSSR count). The second-order valence-electron chi connectivity index (χ2n) is 6.54. The Labute approximate surface area is 163 Å². The molecule has 1 aliphatic carbocycles. The van der Waals surface area contributed by atoms with Gasteiger partial charge in [-0.05, 0) is 54.8 Å². The quantitative estimate of drug-likeness (QED) is 0.355. The number of ether oxygens (including phenoxy) is 1. The predicted octanol–water partition coefficient (Wildman–Crippen LogP) is 4.59. The third-order valence-electron chi connectivity index (χ3n) is 4.51. The van der Waals surface area contributed by atoms with Crippen LogP contribution >= 0.6 is 11.6 Å². The van der Waals surface area contributed by atoms with E-state index >= 15 is 0 Å². The van der Waals surface area contributed by atoms with Crippen LogP contribution in [0.5, 0.6) is 5.75 Å². The van der Waals surface area contributed by atoms with Crippen LogP contribution in [0, 0.1) is 5.92 Å². The van der Waals surface area contributed by atoms with E-state index in [0.29, 0.717) is 16.3 Å². The van der Waals surface area contributed by atoms with E-state index in [1.165, 1.54) is 6.42 Å². The van der Waals surface area contributed by atoms with Crippen molar-refractivity contribution in [3.63, 3.8) is 0 Å². The Hall–Kier alpha value is -2.66. The Bertz CT molecular complexity index is 828. The van der Waals surface area contributed by atoms with Crippen molar-refractivity contribution in [3.05, 3.63) is 64.7 Å². The highest BCUT2D eigenvalue weighted by Crippen LogP contribution is 2.23. The molecule has 1 fully saturated rings. The zero-order chi connectivity index (χ0) is 19.1. The van der Waals surface area contributed by atoms with Crippen molar-refractivity contribution in [2.24, 2.45) is 11.0 Å². The number of esters is 1. The zero-order valence-electron chi connectivity index (χ0n) is 14.9. The molecular weight excluding hydrogens is 364 g/mol. The number of amides is 1. The molecule has 27 heavy (non-hydrogen) atoms. The molecule has 1 saturated carbocycles. The van der Waals surface area contributed by atoms with Gasteiger partial charge in [0.15, 0.2) is 0 Å². The van der Waals surface area contributed by atoms with Gasteiger partial charge in [0, 0.05) is 10.9 Å². The number of carbonyl (C=O) groups excluding carboxylic acids is 2. The van der Waals surface area contributed by atoms with Crippen molar-refractivity contribution in [1.82, 2.24) is 5.43 Å². The van der Waals surface area contributed by atoms with Gasteiger partial charge in [0.2, 0.25) is 5.91 Å². The van der Waals surface area contributed by atoms with E-state index in [9.17, 15) is 9.59 Å². The summed E-state index contributed by atoms with van der Waals surface area (Å²) in [5, 5.41) is 4.58. The van der Waals surface area contributed by atoms with Crippen molar-refractivity contribution >= 4 is 29.7 Å². The number of hydrogen-bond donors (Lipinski definition) is 1. The van der Waals surface area contributed by atoms with Crippen LogP contribution in [0.3, 0.4) is 0 Å². The van der Waals surface area contributed by atoms with Crippen molar-refractivity contribution in [3.8, 4) is 5.75 Å². The van der Waals surface area contributed by atoms with Gasteiger partial charge in [-0.1, -0.05) is 43.0 Å². The van der Waals surface area contributed by atoms with E-state index in [2.05, 4.69) is 10.5 Å². The largest absolute Gasteiger partial charge is 0.423 e. The normalized spacial score (nSPS) is 14.9. The van der Waals surface area contributed by atoms with Crippen LogP contribution < -0.4 is 10.2 Å². The van der Waals surface area contributed by atoms with Gasteiger partial charge in [0.1, 0.15) is 5.75 Å². The highest BCUT2D eigenvalue weighted by atomic mass is 35.5. The molecule has 1 N–H and O–H groups in total. The maximum atomic E-state index is 12.2. The summed E-state index contributed by atoms with van der Waals surface area (Å²) in [5.41, 5.74) is 3.74. The number of benzene rings is 2. The number of nitrogens with one attached hydrogen (secondary N) is 1. The number of halogens is 1. The van der Waals surface area contributed by atoms with Crippen molar-refractivity contribution in [1.29, 1.82) is 0 Å². The summed E-state index contributed by atoms with van der Waals surface area (Å²) in [4.78, 5) is 24.2. The summed E-state index contributed by atoms with van der Waals surface area (Å²) in [5.74, 6) is -0.0392. The molecule has 0 saturated heterocycles. The number of carbonyl (C=O) groups is 2. The molecule has 0 aromatic heterocycles. The van der Waals surface area contributed by atoms with Gasteiger partial charge in [0.05, 0.1) is 11.8 Å². The summed E-state index contributed by atoms with van der Waals surface area (Å²) >= 11 is 5.82. The Balaban J connectivity index is 1.57. The lowest BCUT2D eigenvalue weighted by Crippen LogP contribution is -2.28. The first-order valence-electron chi connectivity index (χ1n) is 9.02. The Morgan fingerprint density at radius 1 is 1.07 bits per heavy atom. The van der Waals surface area contributed by atoms with E-state index < -0.39 is 5.97 Å². The third kappa shape index (κ3) is 5.66. The Kier molecular flexibility index (Phi) is 6.60. The minimum atomic E-state index is -0.466. The summed E-state index contributed by atoms with van der Waals surface area (Å²) in [6.07, 6.45) is 6.80. The van der Waals surface area contributed by atoms with E-state index in [0.717, 1.165) is 31.2 Å². The molecule has 0 radical (unpaired) electrons. The van der Waals surface area contributed by atoms with Crippen molar-refractivity contribution < 1.29 is 14.3 Å². The Morgan fingerprint density at radius 3 is 2.56 bits per heavy atom. The monoisotopic (exact) mass is 384 g/mol. The van der Waals surface area contributed by atoms with Crippen LogP contribution in [-0.2, 0) is 4.79 Å². The van der Waals surface area contributed by atoms with E-state index in [4.69, 9.17) is 16.3 Å². The first kappa shape index (κ1) is 19.1. The standard InChI is InChI=1S/C21H21ClN2O3/c22-18-11-9-17(10-12-18)21(26)27-19-8-4-5-15(13-19)14-23-24-20(25)16-6-2-1-3-7-16/h4-5,8-14,16H,1-3,6-7H2,(H,24,25)/b23-14-. The zero-order valence-corrected chi connectivity index (χ0v) is 15.6. The molecule has 2 aromatic rings. The third-order valence-corrected chi connectivity index (χ3v) is 4.76. The van der Waals surface area contributed by atoms with Gasteiger partial charge >= 0.3 is 5.97 Å². The maximum absolute atomic E-state index is 12.2. The van der Waals surface area contributed by atoms with Crippen molar-refractivity contribution in [2.45, 2.75) is 32.1 Å². The fourth-order valence-electron chi connectivity index (χ4n) is 3.04. The molecule has 140 valence electrons. The first-order valence-corrected chi connectivity index (χ1v) is 9.40. The van der Waals surface area contributed by atoms with Crippen LogP contribution in [0.1, 0.15) is 48.0 Å². The minimum Gasteiger partial charge on any atom is -0.423 e. The van der Waals surface area contributed by atoms with E-state index in [1.54, 1.807) is 48.7 Å². The smallest absolute Gasteiger partial charge is 0.343 e. The second-order valence-corrected chi connectivity index (χ2v) is 6.97. The van der Waals surface area contributed by atoms with Crippen LogP contribution in [-0.4, -0.2) is 18.1 Å². The fourth-order valence-corrected chi connectivity index (χ4v) is 3.16. The van der Waals surface area contributed by atoms with Gasteiger partial charge in [-0.3, -0.25) is 4.79 Å². The number of hydrogen-bond acceptors (Lipinski definition) is 4. The van der Waals surface area contributed by atoms with Crippen LogP contribution in [0.15, 0.2) is 53.6 Å². The molecule has 5 nitrogen and oxygen atoms in total. The lowest BCUT2D eigenvalue weighted by atomic mass is 9.89. The summed E-state index contributed by atoms with van der Waals surface area (Å²) in [6, 6.07) is 13.4. The summed E-state index contributed by atoms with van der Waals surface area (Å²) in [7, 11) is 0. The Morgan fingerprint density at radius 2 is 1.81 bits per heavy atom. The lowest BCUT2D eigenvalue weighted by molar-refractivity contribution is -0.125. The fraction of sp³-hybridized carbons (Fsp3) is 0.286. The van der Waals surface area contributed by atoms with Gasteiger partial charge in [-0.25, -0.2) is 10.2 Å².